The summed E-state index contributed by atoms with van der Waals surface area (Å²) in [5.41, 5.74) is 0.949. The van der Waals surface area contributed by atoms with Gasteiger partial charge in [0.1, 0.15) is 0 Å². The molecule has 1 saturated heterocycles. The summed E-state index contributed by atoms with van der Waals surface area (Å²) in [6, 6.07) is 0.305. The molecule has 0 saturated carbocycles. The van der Waals surface area contributed by atoms with E-state index < -0.39 is 0 Å². The number of hydrogen-bond acceptors (Lipinski definition) is 4. The van der Waals surface area contributed by atoms with Crippen LogP contribution in [0.15, 0.2) is 6.20 Å². The summed E-state index contributed by atoms with van der Waals surface area (Å²) in [4.78, 5) is 0. The third-order valence-electron chi connectivity index (χ3n) is 3.75. The minimum absolute atomic E-state index is 0.0776. The molecule has 0 spiro atoms. The monoisotopic (exact) mass is 252 g/mol. The maximum Gasteiger partial charge on any atom is 0.0843 e. The molecule has 0 aliphatic carbocycles. The first-order chi connectivity index (χ1) is 8.64. The van der Waals surface area contributed by atoms with Crippen molar-refractivity contribution in [2.24, 2.45) is 7.05 Å². The predicted molar refractivity (Wildman–Crippen MR) is 70.4 cm³/mol. The van der Waals surface area contributed by atoms with Gasteiger partial charge in [-0.15, -0.1) is 5.10 Å². The van der Waals surface area contributed by atoms with Crippen LogP contribution >= 0.6 is 0 Å². The molecule has 0 bridgehead atoms. The van der Waals surface area contributed by atoms with Gasteiger partial charge in [-0.25, -0.2) is 0 Å². The second kappa shape index (κ2) is 5.80. The Morgan fingerprint density at radius 3 is 2.94 bits per heavy atom. The minimum atomic E-state index is -0.0776. The lowest BCUT2D eigenvalue weighted by Gasteiger charge is -2.40. The highest BCUT2D eigenvalue weighted by molar-refractivity contribution is 5.02. The number of likely N-dealkylation sites (N-methyl/N-ethyl adjacent to an activating group) is 1. The number of rotatable bonds is 5. The van der Waals surface area contributed by atoms with E-state index in [9.17, 15) is 0 Å². The molecule has 1 aliphatic rings. The number of ether oxygens (including phenoxy) is 1. The highest BCUT2D eigenvalue weighted by Gasteiger charge is 2.36. The van der Waals surface area contributed by atoms with E-state index in [-0.39, 0.29) is 5.60 Å². The molecule has 5 heteroatoms. The van der Waals surface area contributed by atoms with Crippen LogP contribution in [0.2, 0.25) is 0 Å². The average Bonchev–Trinajstić information content (AvgIpc) is 2.75. The molecule has 0 amide bonds. The van der Waals surface area contributed by atoms with Gasteiger partial charge < -0.3 is 10.1 Å². The summed E-state index contributed by atoms with van der Waals surface area (Å²) in [7, 11) is 1.90. The predicted octanol–water partition coefficient (Wildman–Crippen LogP) is 1.29. The van der Waals surface area contributed by atoms with Crippen molar-refractivity contribution in [1.29, 1.82) is 0 Å². The average molecular weight is 252 g/mol. The molecule has 1 aliphatic heterocycles. The molecule has 5 nitrogen and oxygen atoms in total. The van der Waals surface area contributed by atoms with E-state index in [4.69, 9.17) is 4.74 Å². The summed E-state index contributed by atoms with van der Waals surface area (Å²) in [5, 5.41) is 11.7. The molecule has 1 aromatic heterocycles. The molecule has 102 valence electrons. The van der Waals surface area contributed by atoms with Crippen LogP contribution in [-0.2, 0) is 18.2 Å². The molecule has 2 heterocycles. The highest BCUT2D eigenvalue weighted by atomic mass is 16.5. The van der Waals surface area contributed by atoms with E-state index in [2.05, 4.69) is 29.5 Å². The van der Waals surface area contributed by atoms with Crippen LogP contribution in [0.5, 0.6) is 0 Å². The van der Waals surface area contributed by atoms with Crippen LogP contribution in [0, 0.1) is 0 Å². The summed E-state index contributed by atoms with van der Waals surface area (Å²) in [6.45, 7) is 6.18. The Hall–Kier alpha value is -0.940. The number of aromatic nitrogens is 3. The Kier molecular flexibility index (Phi) is 4.35. The van der Waals surface area contributed by atoms with Gasteiger partial charge in [0.05, 0.1) is 11.3 Å². The standard InChI is InChI=1S/C13H24N4O/c1-4-14-12(9-11-10-17(3)16-15-11)13(2)7-5-6-8-18-13/h10,12,14H,4-9H2,1-3H3. The van der Waals surface area contributed by atoms with Crippen LogP contribution in [-0.4, -0.2) is 39.8 Å². The van der Waals surface area contributed by atoms with Crippen LogP contribution in [0.4, 0.5) is 0 Å². The number of aryl methyl sites for hydroxylation is 1. The molecule has 2 atom stereocenters. The third kappa shape index (κ3) is 3.09. The summed E-state index contributed by atoms with van der Waals surface area (Å²) < 4.78 is 7.79. The van der Waals surface area contributed by atoms with Crippen molar-refractivity contribution in [2.75, 3.05) is 13.2 Å². The SMILES string of the molecule is CCNC(Cc1cn(C)nn1)C1(C)CCCCO1. The van der Waals surface area contributed by atoms with Gasteiger partial charge in [0.25, 0.3) is 0 Å². The van der Waals surface area contributed by atoms with Gasteiger partial charge in [-0.05, 0) is 32.7 Å². The fraction of sp³-hybridized carbons (Fsp3) is 0.846. The normalized spacial score (nSPS) is 26.2. The number of nitrogens with zero attached hydrogens (tertiary/aromatic N) is 3. The second-order valence-electron chi connectivity index (χ2n) is 5.32. The maximum absolute atomic E-state index is 6.04. The molecular weight excluding hydrogens is 228 g/mol. The van der Waals surface area contributed by atoms with Crippen molar-refractivity contribution in [3.05, 3.63) is 11.9 Å². The van der Waals surface area contributed by atoms with Crippen molar-refractivity contribution in [1.82, 2.24) is 20.3 Å². The molecule has 1 aromatic rings. The first-order valence-electron chi connectivity index (χ1n) is 6.86. The third-order valence-corrected chi connectivity index (χ3v) is 3.75. The molecule has 0 aromatic carbocycles. The van der Waals surface area contributed by atoms with Gasteiger partial charge in [-0.3, -0.25) is 4.68 Å². The van der Waals surface area contributed by atoms with Crippen molar-refractivity contribution < 1.29 is 4.74 Å². The van der Waals surface area contributed by atoms with Gasteiger partial charge in [0.15, 0.2) is 0 Å². The Morgan fingerprint density at radius 1 is 1.56 bits per heavy atom. The van der Waals surface area contributed by atoms with Gasteiger partial charge in [0, 0.05) is 32.3 Å². The Labute approximate surface area is 109 Å². The van der Waals surface area contributed by atoms with Gasteiger partial charge >= 0.3 is 0 Å². The van der Waals surface area contributed by atoms with Crippen LogP contribution in [0.25, 0.3) is 0 Å². The smallest absolute Gasteiger partial charge is 0.0843 e. The second-order valence-corrected chi connectivity index (χ2v) is 5.32. The fourth-order valence-electron chi connectivity index (χ4n) is 2.68. The molecule has 18 heavy (non-hydrogen) atoms. The van der Waals surface area contributed by atoms with Crippen LogP contribution in [0.1, 0.15) is 38.8 Å². The molecular formula is C13H24N4O. The van der Waals surface area contributed by atoms with Crippen molar-refractivity contribution in [2.45, 2.75) is 51.2 Å². The minimum Gasteiger partial charge on any atom is -0.374 e. The van der Waals surface area contributed by atoms with Crippen LogP contribution < -0.4 is 5.32 Å². The van der Waals surface area contributed by atoms with Crippen molar-refractivity contribution >= 4 is 0 Å². The van der Waals surface area contributed by atoms with E-state index in [1.807, 2.05) is 13.2 Å². The summed E-state index contributed by atoms with van der Waals surface area (Å²) >= 11 is 0. The Morgan fingerprint density at radius 2 is 2.39 bits per heavy atom. The highest BCUT2D eigenvalue weighted by Crippen LogP contribution is 2.29. The Bertz CT molecular complexity index is 371. The van der Waals surface area contributed by atoms with E-state index in [1.165, 1.54) is 12.8 Å². The van der Waals surface area contributed by atoms with Gasteiger partial charge in [-0.1, -0.05) is 12.1 Å². The fourth-order valence-corrected chi connectivity index (χ4v) is 2.68. The number of hydrogen-bond donors (Lipinski definition) is 1. The summed E-state index contributed by atoms with van der Waals surface area (Å²) in [6.07, 6.45) is 6.40. The largest absolute Gasteiger partial charge is 0.374 e. The zero-order valence-corrected chi connectivity index (χ0v) is 11.6. The first kappa shape index (κ1) is 13.5. The zero-order valence-electron chi connectivity index (χ0n) is 11.6. The Balaban J connectivity index is 2.06. The summed E-state index contributed by atoms with van der Waals surface area (Å²) in [5.74, 6) is 0. The molecule has 1 fully saturated rings. The quantitative estimate of drug-likeness (QED) is 0.858. The molecule has 2 rings (SSSR count). The lowest BCUT2D eigenvalue weighted by Crippen LogP contribution is -2.53. The molecule has 1 N–H and O–H groups in total. The maximum atomic E-state index is 6.04. The van der Waals surface area contributed by atoms with Crippen molar-refractivity contribution in [3.63, 3.8) is 0 Å². The zero-order chi connectivity index (χ0) is 13.0. The lowest BCUT2D eigenvalue weighted by molar-refractivity contribution is -0.0882. The van der Waals surface area contributed by atoms with Gasteiger partial charge in [0.2, 0.25) is 0 Å². The van der Waals surface area contributed by atoms with Crippen LogP contribution in [0.3, 0.4) is 0 Å². The van der Waals surface area contributed by atoms with Gasteiger partial charge in [-0.2, -0.15) is 0 Å². The number of nitrogens with one attached hydrogen (secondary N) is 1. The van der Waals surface area contributed by atoms with E-state index in [1.54, 1.807) is 4.68 Å². The lowest BCUT2D eigenvalue weighted by atomic mass is 9.85. The van der Waals surface area contributed by atoms with E-state index >= 15 is 0 Å². The van der Waals surface area contributed by atoms with E-state index in [0.29, 0.717) is 6.04 Å². The molecule has 2 unspecified atom stereocenters. The van der Waals surface area contributed by atoms with Crippen molar-refractivity contribution in [3.8, 4) is 0 Å². The first-order valence-corrected chi connectivity index (χ1v) is 6.86. The van der Waals surface area contributed by atoms with E-state index in [0.717, 1.165) is 31.7 Å². The topological polar surface area (TPSA) is 52.0 Å². The molecule has 0 radical (unpaired) electrons.